The molecule has 1 heterocycles. The Morgan fingerprint density at radius 1 is 1.25 bits per heavy atom. The van der Waals surface area contributed by atoms with Gasteiger partial charge in [0.2, 0.25) is 0 Å². The average Bonchev–Trinajstić information content (AvgIpc) is 2.92. The second kappa shape index (κ2) is 5.77. The minimum Gasteiger partial charge on any atom is -0.493 e. The molecular weight excluding hydrogens is 246 g/mol. The first kappa shape index (κ1) is 13.9. The molecule has 1 N–H and O–H groups in total. The Kier molecular flexibility index (Phi) is 4.02. The van der Waals surface area contributed by atoms with E-state index in [9.17, 15) is 0 Å². The summed E-state index contributed by atoms with van der Waals surface area (Å²) in [5, 5.41) is 3.75. The summed E-state index contributed by atoms with van der Waals surface area (Å²) in [5.41, 5.74) is 3.18. The molecular formula is C18H27NO. The lowest BCUT2D eigenvalue weighted by Crippen LogP contribution is -2.35. The van der Waals surface area contributed by atoms with E-state index in [2.05, 4.69) is 37.4 Å². The number of fused-ring (bicyclic) bond motifs is 1. The molecule has 1 saturated carbocycles. The summed E-state index contributed by atoms with van der Waals surface area (Å²) in [7, 11) is 0. The molecule has 1 atom stereocenters. The fourth-order valence-corrected chi connectivity index (χ4v) is 4.05. The molecule has 2 aliphatic rings. The summed E-state index contributed by atoms with van der Waals surface area (Å²) in [6, 6.07) is 7.16. The third-order valence-electron chi connectivity index (χ3n) is 5.13. The normalized spacial score (nSPS) is 22.1. The minimum absolute atomic E-state index is 0.381. The average molecular weight is 273 g/mol. The molecule has 0 amide bonds. The zero-order valence-corrected chi connectivity index (χ0v) is 12.9. The zero-order valence-electron chi connectivity index (χ0n) is 12.9. The Morgan fingerprint density at radius 3 is 2.80 bits per heavy atom. The van der Waals surface area contributed by atoms with Crippen molar-refractivity contribution in [2.75, 3.05) is 13.2 Å². The predicted molar refractivity (Wildman–Crippen MR) is 83.3 cm³/mol. The van der Waals surface area contributed by atoms with Gasteiger partial charge in [-0.15, -0.1) is 0 Å². The van der Waals surface area contributed by atoms with Crippen molar-refractivity contribution < 1.29 is 4.74 Å². The summed E-state index contributed by atoms with van der Waals surface area (Å²) in [6.45, 7) is 6.56. The Balaban J connectivity index is 1.99. The molecule has 1 aromatic rings. The van der Waals surface area contributed by atoms with Crippen LogP contribution in [0.2, 0.25) is 0 Å². The number of benzene rings is 1. The van der Waals surface area contributed by atoms with Crippen molar-refractivity contribution in [3.8, 4) is 5.75 Å². The number of hydrogen-bond donors (Lipinski definition) is 1. The van der Waals surface area contributed by atoms with E-state index in [0.717, 1.165) is 19.6 Å². The highest BCUT2D eigenvalue weighted by atomic mass is 16.5. The maximum atomic E-state index is 6.05. The van der Waals surface area contributed by atoms with Crippen molar-refractivity contribution in [2.45, 2.75) is 58.4 Å². The van der Waals surface area contributed by atoms with Crippen molar-refractivity contribution in [1.82, 2.24) is 5.32 Å². The van der Waals surface area contributed by atoms with Gasteiger partial charge in [0.15, 0.2) is 0 Å². The molecule has 0 radical (unpaired) electrons. The van der Waals surface area contributed by atoms with Gasteiger partial charge in [0.05, 0.1) is 6.61 Å². The summed E-state index contributed by atoms with van der Waals surface area (Å²) < 4.78 is 6.05. The lowest BCUT2D eigenvalue weighted by atomic mass is 9.76. The van der Waals surface area contributed by atoms with Crippen molar-refractivity contribution in [1.29, 1.82) is 0 Å². The predicted octanol–water partition coefficient (Wildman–Crippen LogP) is 4.24. The van der Waals surface area contributed by atoms with Crippen LogP contribution in [-0.2, 0) is 6.42 Å². The molecule has 1 unspecified atom stereocenters. The Bertz CT molecular complexity index is 462. The molecule has 0 spiro atoms. The monoisotopic (exact) mass is 273 g/mol. The Hall–Kier alpha value is -1.02. The standard InChI is InChI=1S/C18H27NO/c1-3-19-17(18(2)11-4-5-12-18)15-10-6-8-14-9-7-13-20-16(14)15/h6,8,10,17,19H,3-5,7,9,11-13H2,1-2H3. The summed E-state index contributed by atoms with van der Waals surface area (Å²) in [5.74, 6) is 1.18. The third kappa shape index (κ3) is 2.46. The van der Waals surface area contributed by atoms with E-state index in [1.807, 2.05) is 0 Å². The van der Waals surface area contributed by atoms with Gasteiger partial charge in [-0.3, -0.25) is 0 Å². The molecule has 20 heavy (non-hydrogen) atoms. The van der Waals surface area contributed by atoms with Crippen molar-refractivity contribution in [3.05, 3.63) is 29.3 Å². The molecule has 2 nitrogen and oxygen atoms in total. The van der Waals surface area contributed by atoms with Crippen LogP contribution in [0, 0.1) is 5.41 Å². The Labute approximate surface area is 122 Å². The summed E-state index contributed by atoms with van der Waals surface area (Å²) in [6.07, 6.45) is 7.71. The van der Waals surface area contributed by atoms with E-state index in [4.69, 9.17) is 4.74 Å². The van der Waals surface area contributed by atoms with Crippen LogP contribution in [0.3, 0.4) is 0 Å². The first-order valence-corrected chi connectivity index (χ1v) is 8.22. The fraction of sp³-hybridized carbons (Fsp3) is 0.667. The lowest BCUT2D eigenvalue weighted by Gasteiger charge is -2.37. The number of nitrogens with one attached hydrogen (secondary N) is 1. The second-order valence-electron chi connectivity index (χ2n) is 6.64. The van der Waals surface area contributed by atoms with E-state index in [1.54, 1.807) is 0 Å². The molecule has 1 fully saturated rings. The first-order valence-electron chi connectivity index (χ1n) is 8.22. The van der Waals surface area contributed by atoms with Crippen LogP contribution >= 0.6 is 0 Å². The van der Waals surface area contributed by atoms with Crippen molar-refractivity contribution >= 4 is 0 Å². The van der Waals surface area contributed by atoms with E-state index in [1.165, 1.54) is 49.0 Å². The van der Waals surface area contributed by atoms with E-state index in [-0.39, 0.29) is 0 Å². The molecule has 1 aliphatic heterocycles. The summed E-state index contributed by atoms with van der Waals surface area (Å²) >= 11 is 0. The van der Waals surface area contributed by atoms with Crippen LogP contribution in [0.4, 0.5) is 0 Å². The number of hydrogen-bond acceptors (Lipinski definition) is 2. The third-order valence-corrected chi connectivity index (χ3v) is 5.13. The molecule has 3 rings (SSSR count). The fourth-order valence-electron chi connectivity index (χ4n) is 4.05. The van der Waals surface area contributed by atoms with E-state index < -0.39 is 0 Å². The zero-order chi connectivity index (χ0) is 14.0. The summed E-state index contributed by atoms with van der Waals surface area (Å²) in [4.78, 5) is 0. The highest BCUT2D eigenvalue weighted by Gasteiger charge is 2.39. The second-order valence-corrected chi connectivity index (χ2v) is 6.64. The topological polar surface area (TPSA) is 21.3 Å². The van der Waals surface area contributed by atoms with Gasteiger partial charge in [-0.25, -0.2) is 0 Å². The van der Waals surface area contributed by atoms with Crippen LogP contribution in [0.25, 0.3) is 0 Å². The maximum Gasteiger partial charge on any atom is 0.127 e. The van der Waals surface area contributed by atoms with Gasteiger partial charge in [-0.1, -0.05) is 44.9 Å². The maximum absolute atomic E-state index is 6.05. The minimum atomic E-state index is 0.381. The lowest BCUT2D eigenvalue weighted by molar-refractivity contribution is 0.213. The number of aryl methyl sites for hydroxylation is 1. The number of rotatable bonds is 4. The molecule has 0 bridgehead atoms. The molecule has 1 aliphatic carbocycles. The SMILES string of the molecule is CCNC(c1cccc2c1OCCC2)C1(C)CCCC1. The molecule has 0 aromatic heterocycles. The first-order chi connectivity index (χ1) is 9.74. The van der Waals surface area contributed by atoms with E-state index in [0.29, 0.717) is 11.5 Å². The van der Waals surface area contributed by atoms with Gasteiger partial charge in [0.25, 0.3) is 0 Å². The Morgan fingerprint density at radius 2 is 2.05 bits per heavy atom. The van der Waals surface area contributed by atoms with Crippen LogP contribution in [0.15, 0.2) is 18.2 Å². The number of para-hydroxylation sites is 1. The quantitative estimate of drug-likeness (QED) is 0.886. The van der Waals surface area contributed by atoms with E-state index >= 15 is 0 Å². The van der Waals surface area contributed by atoms with Gasteiger partial charge < -0.3 is 10.1 Å². The van der Waals surface area contributed by atoms with Gasteiger partial charge in [-0.05, 0) is 43.2 Å². The molecule has 110 valence electrons. The molecule has 0 saturated heterocycles. The number of ether oxygens (including phenoxy) is 1. The molecule has 1 aromatic carbocycles. The van der Waals surface area contributed by atoms with Crippen LogP contribution in [-0.4, -0.2) is 13.2 Å². The van der Waals surface area contributed by atoms with Gasteiger partial charge in [0.1, 0.15) is 5.75 Å². The van der Waals surface area contributed by atoms with Crippen LogP contribution < -0.4 is 10.1 Å². The highest BCUT2D eigenvalue weighted by Crippen LogP contribution is 2.49. The van der Waals surface area contributed by atoms with Gasteiger partial charge >= 0.3 is 0 Å². The van der Waals surface area contributed by atoms with Gasteiger partial charge in [0, 0.05) is 11.6 Å². The van der Waals surface area contributed by atoms with Gasteiger partial charge in [-0.2, -0.15) is 0 Å². The van der Waals surface area contributed by atoms with Crippen LogP contribution in [0.5, 0.6) is 5.75 Å². The van der Waals surface area contributed by atoms with Crippen molar-refractivity contribution in [2.24, 2.45) is 5.41 Å². The largest absolute Gasteiger partial charge is 0.493 e. The molecule has 2 heteroatoms. The highest BCUT2D eigenvalue weighted by molar-refractivity contribution is 5.45. The van der Waals surface area contributed by atoms with Crippen LogP contribution in [0.1, 0.15) is 63.1 Å². The smallest absolute Gasteiger partial charge is 0.127 e. The van der Waals surface area contributed by atoms with Crippen molar-refractivity contribution in [3.63, 3.8) is 0 Å².